The molecule has 1 unspecified atom stereocenters. The molecule has 59 heavy (non-hydrogen) atoms. The van der Waals surface area contributed by atoms with Crippen LogP contribution in [0.5, 0.6) is 0 Å². The molecule has 1 aliphatic heterocycles. The summed E-state index contributed by atoms with van der Waals surface area (Å²) in [5.74, 6) is 3.82. The van der Waals surface area contributed by atoms with Crippen LogP contribution in [0.2, 0.25) is 0 Å². The van der Waals surface area contributed by atoms with E-state index >= 15 is 0 Å². The van der Waals surface area contributed by atoms with Gasteiger partial charge >= 0.3 is 0 Å². The molecule has 0 bridgehead atoms. The maximum absolute atomic E-state index is 3.11. The lowest BCUT2D eigenvalue weighted by Gasteiger charge is -2.32. The zero-order chi connectivity index (χ0) is 44.2. The van der Waals surface area contributed by atoms with Gasteiger partial charge in [-0.2, -0.15) is 0 Å². The van der Waals surface area contributed by atoms with Gasteiger partial charge in [0.1, 0.15) is 8.41 Å². The fraction of sp³-hybridized carbons (Fsp3) is 0.554. The first-order valence-corrected chi connectivity index (χ1v) is 27.0. The van der Waals surface area contributed by atoms with Crippen LogP contribution in [0.1, 0.15) is 249 Å². The summed E-state index contributed by atoms with van der Waals surface area (Å²) in [4.78, 5) is 1.80. The highest BCUT2D eigenvalue weighted by atomic mass is 28.4. The van der Waals surface area contributed by atoms with Crippen LogP contribution >= 0.6 is 0 Å². The topological polar surface area (TPSA) is 3.01 Å². The van der Waals surface area contributed by atoms with Crippen molar-refractivity contribution < 1.29 is 0 Å². The second kappa shape index (κ2) is 17.8. The molecule has 1 nitrogen and oxygen atoms in total. The second-order valence-corrected chi connectivity index (χ2v) is 28.1. The molecular weight excluding hydrogens is 743 g/mol. The Bertz CT molecular complexity index is 1990. The maximum Gasteiger partial charge on any atom is 0.264 e. The summed E-state index contributed by atoms with van der Waals surface area (Å²) >= 11 is 0. The summed E-state index contributed by atoms with van der Waals surface area (Å²) in [6.07, 6.45) is 0. The van der Waals surface area contributed by atoms with E-state index in [-0.39, 0.29) is 5.54 Å². The minimum absolute atomic E-state index is 0.0890. The molecule has 0 amide bonds. The summed E-state index contributed by atoms with van der Waals surface area (Å²) in [6.45, 7) is 51.5. The van der Waals surface area contributed by atoms with Gasteiger partial charge in [0.05, 0.1) is 0 Å². The highest BCUT2D eigenvalue weighted by molar-refractivity contribution is 7.43. The molecule has 1 fully saturated rings. The SMILES string of the molecule is CC(C)c1cc(C(C)C)c([Si](=C2N(C(C)(C)C)[Si]2(c2ccccc2)c2c(C(C)C)cc(C(C)C)cc2C(C)C)c2c(C(C)C)cc(C(C)C)cc2C(C)C)c(C(C)C)c1. The van der Waals surface area contributed by atoms with Crippen molar-refractivity contribution in [1.29, 1.82) is 0 Å². The molecule has 0 spiro atoms. The van der Waals surface area contributed by atoms with E-state index in [1.807, 2.05) is 0 Å². The minimum Gasteiger partial charge on any atom is -0.389 e. The van der Waals surface area contributed by atoms with Crippen LogP contribution < -0.4 is 20.7 Å². The lowest BCUT2D eigenvalue weighted by molar-refractivity contribution is 0.394. The van der Waals surface area contributed by atoms with Crippen LogP contribution in [0.25, 0.3) is 0 Å². The van der Waals surface area contributed by atoms with Gasteiger partial charge in [-0.05, 0) is 145 Å². The highest BCUT2D eigenvalue weighted by Gasteiger charge is 2.69. The monoisotopic (exact) mass is 826 g/mol. The number of benzene rings is 4. The van der Waals surface area contributed by atoms with Crippen molar-refractivity contribution in [2.24, 2.45) is 0 Å². The van der Waals surface area contributed by atoms with Gasteiger partial charge in [-0.15, -0.1) is 0 Å². The summed E-state index contributed by atoms with van der Waals surface area (Å²) in [5.41, 5.74) is 13.8. The largest absolute Gasteiger partial charge is 0.389 e. The lowest BCUT2D eigenvalue weighted by atomic mass is 9.89. The Morgan fingerprint density at radius 1 is 0.407 bits per heavy atom. The van der Waals surface area contributed by atoms with E-state index in [0.717, 1.165) is 0 Å². The van der Waals surface area contributed by atoms with Gasteiger partial charge in [0.2, 0.25) is 0 Å². The average Bonchev–Trinajstić information content (AvgIpc) is 3.85. The van der Waals surface area contributed by atoms with Gasteiger partial charge in [-0.1, -0.05) is 191 Å². The highest BCUT2D eigenvalue weighted by Crippen LogP contribution is 2.43. The van der Waals surface area contributed by atoms with E-state index in [4.69, 9.17) is 0 Å². The van der Waals surface area contributed by atoms with Gasteiger partial charge in [-0.3, -0.25) is 0 Å². The molecule has 1 aliphatic rings. The lowest BCUT2D eigenvalue weighted by Crippen LogP contribution is -2.58. The van der Waals surface area contributed by atoms with E-state index in [1.54, 1.807) is 59.0 Å². The third-order valence-corrected chi connectivity index (χ3v) is 22.9. The van der Waals surface area contributed by atoms with Crippen LogP contribution in [0.3, 0.4) is 0 Å². The first-order chi connectivity index (χ1) is 27.4. The standard InChI is InChI=1S/C56H83NSi2/c1-33(2)42-27-46(36(7)8)52(47(28-42)37(9)10)58(53-48(38(11)12)29-43(34(3)4)30-49(53)39(13)14)55-57(56(19,20)21)59(55,45-25-23-22-24-26-45)54-50(40(15)16)31-44(35(5)6)32-51(54)41(17)18/h22-41H,1-21H3. The molecule has 0 N–H and O–H groups in total. The van der Waals surface area contributed by atoms with Gasteiger partial charge in [-0.25, -0.2) is 0 Å². The molecule has 0 radical (unpaired) electrons. The van der Waals surface area contributed by atoms with E-state index in [0.29, 0.717) is 53.3 Å². The molecule has 1 saturated heterocycles. The normalized spacial score (nSPS) is 16.2. The Labute approximate surface area is 366 Å². The molecule has 0 saturated carbocycles. The predicted octanol–water partition coefficient (Wildman–Crippen LogP) is 13.5. The Morgan fingerprint density at radius 2 is 0.695 bits per heavy atom. The van der Waals surface area contributed by atoms with Crippen molar-refractivity contribution in [3.63, 3.8) is 0 Å². The first-order valence-electron chi connectivity index (χ1n) is 23.5. The molecular formula is C56H83NSi2. The molecule has 4 aromatic carbocycles. The van der Waals surface area contributed by atoms with Gasteiger partial charge in [0.15, 0.2) is 0 Å². The summed E-state index contributed by atoms with van der Waals surface area (Å²) in [5, 5.41) is 6.63. The molecule has 4 aromatic rings. The van der Waals surface area contributed by atoms with Crippen LogP contribution in [0.15, 0.2) is 66.7 Å². The zero-order valence-electron chi connectivity index (χ0n) is 41.5. The van der Waals surface area contributed by atoms with Gasteiger partial charge in [0, 0.05) is 10.5 Å². The van der Waals surface area contributed by atoms with E-state index < -0.39 is 16.6 Å². The molecule has 5 rings (SSSR count). The minimum atomic E-state index is -2.81. The van der Waals surface area contributed by atoms with Crippen LogP contribution in [0, 0.1) is 0 Å². The van der Waals surface area contributed by atoms with Crippen LogP contribution in [-0.2, 0) is 0 Å². The van der Waals surface area contributed by atoms with E-state index in [2.05, 4.69) is 217 Å². The summed E-state index contributed by atoms with van der Waals surface area (Å²) < 4.78 is 3.11. The first kappa shape index (κ1) is 47.0. The van der Waals surface area contributed by atoms with Crippen molar-refractivity contribution in [3.05, 3.63) is 117 Å². The van der Waals surface area contributed by atoms with E-state index in [9.17, 15) is 0 Å². The number of hydrogen-bond donors (Lipinski definition) is 0. The molecule has 1 heterocycles. The number of nitrogens with zero attached hydrogens (tertiary/aromatic N) is 1. The quantitative estimate of drug-likeness (QED) is 0.0959. The third-order valence-electron chi connectivity index (χ3n) is 13.2. The second-order valence-electron chi connectivity index (χ2n) is 21.9. The van der Waals surface area contributed by atoms with Crippen molar-refractivity contribution in [2.75, 3.05) is 0 Å². The van der Waals surface area contributed by atoms with Gasteiger partial charge < -0.3 is 4.57 Å². The molecule has 0 aliphatic carbocycles. The number of rotatable bonds is 13. The number of hydrogen-bond acceptors (Lipinski definition) is 1. The van der Waals surface area contributed by atoms with E-state index in [1.165, 1.54) is 16.7 Å². The molecule has 3 heteroatoms. The maximum atomic E-state index is 3.11. The third kappa shape index (κ3) is 8.73. The average molecular weight is 826 g/mol. The van der Waals surface area contributed by atoms with Gasteiger partial charge in [0.25, 0.3) is 8.24 Å². The van der Waals surface area contributed by atoms with Crippen molar-refractivity contribution in [2.45, 2.75) is 204 Å². The van der Waals surface area contributed by atoms with Crippen molar-refractivity contribution >= 4 is 42.3 Å². The Morgan fingerprint density at radius 3 is 0.949 bits per heavy atom. The fourth-order valence-corrected chi connectivity index (χ4v) is 23.5. The fourth-order valence-electron chi connectivity index (χ4n) is 9.92. The molecule has 1 atom stereocenters. The molecule has 0 aromatic heterocycles. The van der Waals surface area contributed by atoms with Crippen molar-refractivity contribution in [1.82, 2.24) is 4.57 Å². The predicted molar refractivity (Wildman–Crippen MR) is 269 cm³/mol. The zero-order valence-corrected chi connectivity index (χ0v) is 43.5. The smallest absolute Gasteiger partial charge is 0.264 e. The Balaban J connectivity index is 2.29. The molecule has 320 valence electrons. The van der Waals surface area contributed by atoms with Crippen LogP contribution in [0.4, 0.5) is 0 Å². The van der Waals surface area contributed by atoms with Crippen LogP contribution in [-0.4, -0.2) is 31.7 Å². The summed E-state index contributed by atoms with van der Waals surface area (Å²) in [7, 11) is -4.43. The Kier molecular flexibility index (Phi) is 14.2. The summed E-state index contributed by atoms with van der Waals surface area (Å²) in [6, 6.07) is 27.9. The Hall–Kier alpha value is -3.02. The van der Waals surface area contributed by atoms with Crippen molar-refractivity contribution in [3.8, 4) is 0 Å².